The van der Waals surface area contributed by atoms with Gasteiger partial charge in [0, 0.05) is 19.0 Å². The van der Waals surface area contributed by atoms with Crippen LogP contribution in [0.25, 0.3) is 10.8 Å². The molecule has 3 rings (SSSR count). The second kappa shape index (κ2) is 6.54. The van der Waals surface area contributed by atoms with E-state index in [1.54, 1.807) is 6.92 Å². The molecule has 1 saturated carbocycles. The summed E-state index contributed by atoms with van der Waals surface area (Å²) in [5, 5.41) is 6.33. The summed E-state index contributed by atoms with van der Waals surface area (Å²) in [6.45, 7) is 4.53. The lowest BCUT2D eigenvalue weighted by molar-refractivity contribution is -0.122. The highest BCUT2D eigenvalue weighted by atomic mass is 32.1. The first-order valence-corrected chi connectivity index (χ1v) is 8.46. The summed E-state index contributed by atoms with van der Waals surface area (Å²) in [4.78, 5) is 28.7. The van der Waals surface area contributed by atoms with Crippen LogP contribution in [0, 0.1) is 19.8 Å². The average Bonchev–Trinajstić information content (AvgIpc) is 3.18. The average molecular weight is 333 g/mol. The third-order valence-corrected chi connectivity index (χ3v) is 4.78. The maximum absolute atomic E-state index is 12.2. The predicted molar refractivity (Wildman–Crippen MR) is 87.4 cm³/mol. The quantitative estimate of drug-likeness (QED) is 0.794. The van der Waals surface area contributed by atoms with E-state index in [-0.39, 0.29) is 17.7 Å². The number of hydrogen-bond acceptors (Lipinski definition) is 5. The van der Waals surface area contributed by atoms with Gasteiger partial charge in [-0.25, -0.2) is 4.98 Å². The molecule has 0 atom stereocenters. The van der Waals surface area contributed by atoms with Crippen molar-refractivity contribution in [2.45, 2.75) is 26.7 Å². The van der Waals surface area contributed by atoms with Gasteiger partial charge in [0.1, 0.15) is 10.6 Å². The van der Waals surface area contributed by atoms with Crippen molar-refractivity contribution in [3.8, 4) is 10.8 Å². The van der Waals surface area contributed by atoms with Crippen molar-refractivity contribution in [2.24, 2.45) is 5.92 Å². The van der Waals surface area contributed by atoms with Gasteiger partial charge in [0.15, 0.2) is 10.8 Å². The molecule has 2 N–H and O–H groups in total. The summed E-state index contributed by atoms with van der Waals surface area (Å²) in [6.07, 6.45) is 1.96. The lowest BCUT2D eigenvalue weighted by Crippen LogP contribution is -2.35. The Labute approximate surface area is 138 Å². The number of carbonyl (C=O) groups is 2. The van der Waals surface area contributed by atoms with Crippen LogP contribution in [0.1, 0.15) is 34.0 Å². The normalized spacial score (nSPS) is 13.8. The molecular formula is C16H19N3O3S. The van der Waals surface area contributed by atoms with Gasteiger partial charge in [-0.3, -0.25) is 9.59 Å². The molecule has 2 amide bonds. The van der Waals surface area contributed by atoms with Crippen LogP contribution < -0.4 is 10.6 Å². The van der Waals surface area contributed by atoms with Crippen molar-refractivity contribution in [2.75, 3.05) is 13.1 Å². The lowest BCUT2D eigenvalue weighted by Gasteiger charge is -2.05. The Kier molecular flexibility index (Phi) is 4.47. The largest absolute Gasteiger partial charge is 0.459 e. The van der Waals surface area contributed by atoms with Gasteiger partial charge >= 0.3 is 0 Å². The second-order valence-electron chi connectivity index (χ2n) is 5.67. The first-order valence-electron chi connectivity index (χ1n) is 7.64. The van der Waals surface area contributed by atoms with Gasteiger partial charge in [-0.1, -0.05) is 0 Å². The Hall–Kier alpha value is -2.15. The zero-order valence-electron chi connectivity index (χ0n) is 13.1. The number of furan rings is 1. The first kappa shape index (κ1) is 15.7. The fourth-order valence-corrected chi connectivity index (χ4v) is 3.14. The van der Waals surface area contributed by atoms with E-state index in [0.717, 1.165) is 18.6 Å². The predicted octanol–water partition coefficient (Wildman–Crippen LogP) is 2.28. The number of amides is 2. The third kappa shape index (κ3) is 3.79. The molecule has 2 aromatic heterocycles. The molecule has 0 spiro atoms. The molecule has 0 unspecified atom stereocenters. The minimum Gasteiger partial charge on any atom is -0.459 e. The molecule has 2 aromatic rings. The van der Waals surface area contributed by atoms with Crippen molar-refractivity contribution < 1.29 is 14.0 Å². The van der Waals surface area contributed by atoms with E-state index in [1.807, 2.05) is 19.1 Å². The molecule has 122 valence electrons. The fraction of sp³-hybridized carbons (Fsp3) is 0.438. The topological polar surface area (TPSA) is 84.2 Å². The Balaban J connectivity index is 1.54. The summed E-state index contributed by atoms with van der Waals surface area (Å²) >= 11 is 1.31. The molecule has 6 nitrogen and oxygen atoms in total. The van der Waals surface area contributed by atoms with E-state index in [4.69, 9.17) is 4.42 Å². The van der Waals surface area contributed by atoms with Crippen molar-refractivity contribution >= 4 is 23.2 Å². The van der Waals surface area contributed by atoms with E-state index in [1.165, 1.54) is 11.3 Å². The molecule has 0 bridgehead atoms. The van der Waals surface area contributed by atoms with Gasteiger partial charge in [-0.2, -0.15) is 0 Å². The lowest BCUT2D eigenvalue weighted by atomic mass is 10.3. The Morgan fingerprint density at radius 1 is 1.26 bits per heavy atom. The van der Waals surface area contributed by atoms with Crippen LogP contribution >= 0.6 is 11.3 Å². The van der Waals surface area contributed by atoms with Gasteiger partial charge < -0.3 is 15.1 Å². The van der Waals surface area contributed by atoms with E-state index < -0.39 is 0 Å². The van der Waals surface area contributed by atoms with E-state index >= 15 is 0 Å². The van der Waals surface area contributed by atoms with Crippen molar-refractivity contribution in [1.29, 1.82) is 0 Å². The molecule has 2 heterocycles. The summed E-state index contributed by atoms with van der Waals surface area (Å²) in [6, 6.07) is 3.72. The maximum Gasteiger partial charge on any atom is 0.263 e. The number of nitrogens with one attached hydrogen (secondary N) is 2. The van der Waals surface area contributed by atoms with Crippen LogP contribution in [0.15, 0.2) is 16.5 Å². The Bertz CT molecular complexity index is 731. The third-order valence-electron chi connectivity index (χ3n) is 3.61. The van der Waals surface area contributed by atoms with Crippen LogP contribution in [-0.4, -0.2) is 29.9 Å². The molecule has 1 fully saturated rings. The highest BCUT2D eigenvalue weighted by Gasteiger charge is 2.29. The SMILES string of the molecule is Cc1ccc(-c2nc(C)c(C(=O)NCCNC(=O)C3CC3)s2)o1. The van der Waals surface area contributed by atoms with Gasteiger partial charge in [0.25, 0.3) is 5.91 Å². The molecule has 1 aliphatic rings. The minimum absolute atomic E-state index is 0.0868. The van der Waals surface area contributed by atoms with Gasteiger partial charge in [0.05, 0.1) is 5.69 Å². The second-order valence-corrected chi connectivity index (χ2v) is 6.66. The van der Waals surface area contributed by atoms with Gasteiger partial charge in [-0.05, 0) is 38.8 Å². The van der Waals surface area contributed by atoms with Crippen LogP contribution in [0.3, 0.4) is 0 Å². The number of hydrogen-bond donors (Lipinski definition) is 2. The number of carbonyl (C=O) groups excluding carboxylic acids is 2. The van der Waals surface area contributed by atoms with E-state index in [0.29, 0.717) is 34.4 Å². The molecule has 7 heteroatoms. The van der Waals surface area contributed by atoms with Crippen molar-refractivity contribution in [1.82, 2.24) is 15.6 Å². The standard InChI is InChI=1S/C16H19N3O3S/c1-9-3-6-12(22-9)16-19-10(2)13(23-16)15(21)18-8-7-17-14(20)11-4-5-11/h3,6,11H,4-5,7-8H2,1-2H3,(H,17,20)(H,18,21). The summed E-state index contributed by atoms with van der Waals surface area (Å²) in [5.41, 5.74) is 0.679. The van der Waals surface area contributed by atoms with Crippen molar-refractivity contribution in [3.63, 3.8) is 0 Å². The number of nitrogens with zero attached hydrogens (tertiary/aromatic N) is 1. The summed E-state index contributed by atoms with van der Waals surface area (Å²) < 4.78 is 5.54. The number of thiazole rings is 1. The molecule has 23 heavy (non-hydrogen) atoms. The number of rotatable bonds is 6. The monoisotopic (exact) mass is 333 g/mol. The van der Waals surface area contributed by atoms with E-state index in [2.05, 4.69) is 15.6 Å². The minimum atomic E-state index is -0.171. The molecule has 1 aliphatic carbocycles. The Morgan fingerprint density at radius 3 is 2.65 bits per heavy atom. The van der Waals surface area contributed by atoms with Crippen LogP contribution in [0.5, 0.6) is 0 Å². The Morgan fingerprint density at radius 2 is 2.00 bits per heavy atom. The van der Waals surface area contributed by atoms with Gasteiger partial charge in [0.2, 0.25) is 5.91 Å². The first-order chi connectivity index (χ1) is 11.0. The highest BCUT2D eigenvalue weighted by molar-refractivity contribution is 7.17. The van der Waals surface area contributed by atoms with E-state index in [9.17, 15) is 9.59 Å². The summed E-state index contributed by atoms with van der Waals surface area (Å²) in [5.74, 6) is 1.59. The molecule has 0 aliphatic heterocycles. The zero-order valence-corrected chi connectivity index (χ0v) is 14.0. The fourth-order valence-electron chi connectivity index (χ4n) is 2.19. The van der Waals surface area contributed by atoms with Crippen LogP contribution in [0.4, 0.5) is 0 Å². The number of aryl methyl sites for hydroxylation is 2. The molecule has 0 radical (unpaired) electrons. The van der Waals surface area contributed by atoms with Gasteiger partial charge in [-0.15, -0.1) is 11.3 Å². The smallest absolute Gasteiger partial charge is 0.263 e. The summed E-state index contributed by atoms with van der Waals surface area (Å²) in [7, 11) is 0. The van der Waals surface area contributed by atoms with Crippen LogP contribution in [-0.2, 0) is 4.79 Å². The molecule has 0 aromatic carbocycles. The number of aromatic nitrogens is 1. The molecule has 0 saturated heterocycles. The zero-order chi connectivity index (χ0) is 16.4. The van der Waals surface area contributed by atoms with Crippen molar-refractivity contribution in [3.05, 3.63) is 28.5 Å². The molecular weight excluding hydrogens is 314 g/mol. The maximum atomic E-state index is 12.2. The van der Waals surface area contributed by atoms with Crippen LogP contribution in [0.2, 0.25) is 0 Å². The highest BCUT2D eigenvalue weighted by Crippen LogP contribution is 2.29.